The van der Waals surface area contributed by atoms with Crippen LogP contribution in [0.4, 0.5) is 5.13 Å². The Hall–Kier alpha value is -0.830. The van der Waals surface area contributed by atoms with Gasteiger partial charge >= 0.3 is 0 Å². The van der Waals surface area contributed by atoms with Crippen LogP contribution in [0.25, 0.3) is 0 Å². The first-order chi connectivity index (χ1) is 8.24. The highest BCUT2D eigenvalue weighted by Crippen LogP contribution is 2.32. The van der Waals surface area contributed by atoms with E-state index < -0.39 is 0 Å². The lowest BCUT2D eigenvalue weighted by Gasteiger charge is -2.31. The first-order valence-corrected chi connectivity index (χ1v) is 6.95. The van der Waals surface area contributed by atoms with E-state index in [0.717, 1.165) is 49.9 Å². The van der Waals surface area contributed by atoms with Crippen molar-refractivity contribution in [2.75, 3.05) is 24.5 Å². The van der Waals surface area contributed by atoms with Crippen LogP contribution < -0.4 is 10.6 Å². The second kappa shape index (κ2) is 5.67. The molecule has 1 aliphatic rings. The molecule has 0 atom stereocenters. The molecule has 0 unspecified atom stereocenters. The minimum atomic E-state index is 0.330. The molecule has 1 aliphatic heterocycles. The Morgan fingerprint density at radius 3 is 2.76 bits per heavy atom. The summed E-state index contributed by atoms with van der Waals surface area (Å²) in [7, 11) is 0. The van der Waals surface area contributed by atoms with Gasteiger partial charge in [-0.15, -0.1) is 0 Å². The number of aromatic nitrogens is 1. The van der Waals surface area contributed by atoms with E-state index in [1.54, 1.807) is 0 Å². The molecule has 0 amide bonds. The van der Waals surface area contributed by atoms with Gasteiger partial charge in [-0.2, -0.15) is 5.26 Å². The largest absolute Gasteiger partial charge is 0.348 e. The molecule has 2 N–H and O–H groups in total. The quantitative estimate of drug-likeness (QED) is 0.915. The van der Waals surface area contributed by atoms with E-state index in [0.29, 0.717) is 10.0 Å². The summed E-state index contributed by atoms with van der Waals surface area (Å²) in [6.07, 6.45) is 3.41. The van der Waals surface area contributed by atoms with Crippen molar-refractivity contribution in [2.45, 2.75) is 19.3 Å². The number of piperidine rings is 1. The van der Waals surface area contributed by atoms with Crippen molar-refractivity contribution in [3.63, 3.8) is 0 Å². The third kappa shape index (κ3) is 2.89. The van der Waals surface area contributed by atoms with Gasteiger partial charge in [-0.25, -0.2) is 4.98 Å². The molecule has 0 spiro atoms. The van der Waals surface area contributed by atoms with Gasteiger partial charge in [0.05, 0.1) is 0 Å². The fourth-order valence-corrected chi connectivity index (χ4v) is 3.24. The second-order valence-corrected chi connectivity index (χ2v) is 5.57. The molecule has 92 valence electrons. The first kappa shape index (κ1) is 12.6. The molecule has 0 aliphatic carbocycles. The smallest absolute Gasteiger partial charge is 0.188 e. The van der Waals surface area contributed by atoms with Crippen molar-refractivity contribution in [3.05, 3.63) is 10.0 Å². The normalized spacial score (nSPS) is 17.1. The number of hydrogen-bond acceptors (Lipinski definition) is 5. The third-order valence-electron chi connectivity index (χ3n) is 3.14. The number of nitrogens with zero attached hydrogens (tertiary/aromatic N) is 3. The summed E-state index contributed by atoms with van der Waals surface area (Å²) in [4.78, 5) is 6.96. The van der Waals surface area contributed by atoms with E-state index >= 15 is 0 Å². The Morgan fingerprint density at radius 1 is 1.53 bits per heavy atom. The maximum atomic E-state index is 8.85. The van der Waals surface area contributed by atoms with Crippen molar-refractivity contribution in [2.24, 2.45) is 11.7 Å². The molecule has 2 heterocycles. The summed E-state index contributed by atoms with van der Waals surface area (Å²) in [5, 5.41) is 10.0. The fraction of sp³-hybridized carbons (Fsp3) is 0.636. The van der Waals surface area contributed by atoms with Gasteiger partial charge in [-0.3, -0.25) is 0 Å². The maximum absolute atomic E-state index is 8.85. The van der Waals surface area contributed by atoms with Crippen molar-refractivity contribution >= 4 is 28.1 Å². The Morgan fingerprint density at radius 2 is 2.24 bits per heavy atom. The number of hydrogen-bond donors (Lipinski definition) is 1. The van der Waals surface area contributed by atoms with E-state index in [9.17, 15) is 0 Å². The molecule has 6 heteroatoms. The molecule has 1 fully saturated rings. The Labute approximate surface area is 110 Å². The summed E-state index contributed by atoms with van der Waals surface area (Å²) in [5.41, 5.74) is 5.57. The highest BCUT2D eigenvalue weighted by atomic mass is 35.5. The fourth-order valence-electron chi connectivity index (χ4n) is 2.14. The van der Waals surface area contributed by atoms with Crippen molar-refractivity contribution < 1.29 is 0 Å². The number of thiazole rings is 1. The number of rotatable bonds is 3. The van der Waals surface area contributed by atoms with Crippen LogP contribution in [-0.2, 0) is 0 Å². The number of halogens is 1. The van der Waals surface area contributed by atoms with Gasteiger partial charge < -0.3 is 10.6 Å². The van der Waals surface area contributed by atoms with Gasteiger partial charge in [0.15, 0.2) is 10.3 Å². The third-order valence-corrected chi connectivity index (χ3v) is 4.54. The molecular weight excluding hydrogens is 256 g/mol. The molecule has 17 heavy (non-hydrogen) atoms. The van der Waals surface area contributed by atoms with Crippen LogP contribution in [-0.4, -0.2) is 24.6 Å². The van der Waals surface area contributed by atoms with Crippen LogP contribution in [0.15, 0.2) is 0 Å². The van der Waals surface area contributed by atoms with Gasteiger partial charge in [0.25, 0.3) is 0 Å². The number of nitriles is 1. The van der Waals surface area contributed by atoms with Crippen LogP contribution in [0.1, 0.15) is 24.1 Å². The predicted octanol–water partition coefficient (Wildman–Crippen LogP) is 2.23. The van der Waals surface area contributed by atoms with Crippen LogP contribution in [0.3, 0.4) is 0 Å². The first-order valence-electron chi connectivity index (χ1n) is 5.76. The zero-order valence-electron chi connectivity index (χ0n) is 9.53. The topological polar surface area (TPSA) is 65.9 Å². The lowest BCUT2D eigenvalue weighted by Crippen LogP contribution is -2.34. The average molecular weight is 271 g/mol. The maximum Gasteiger partial charge on any atom is 0.188 e. The van der Waals surface area contributed by atoms with Crippen molar-refractivity contribution in [3.8, 4) is 6.07 Å². The second-order valence-electron chi connectivity index (χ2n) is 4.24. The summed E-state index contributed by atoms with van der Waals surface area (Å²) in [6, 6.07) is 2.06. The van der Waals surface area contributed by atoms with Crippen LogP contribution in [0, 0.1) is 17.2 Å². The summed E-state index contributed by atoms with van der Waals surface area (Å²) in [5.74, 6) is 0.738. The van der Waals surface area contributed by atoms with Crippen LogP contribution in [0.5, 0.6) is 0 Å². The van der Waals surface area contributed by atoms with Gasteiger partial charge in [0, 0.05) is 13.1 Å². The van der Waals surface area contributed by atoms with E-state index in [2.05, 4.69) is 16.0 Å². The van der Waals surface area contributed by atoms with Crippen molar-refractivity contribution in [1.82, 2.24) is 4.98 Å². The molecule has 0 radical (unpaired) electrons. The summed E-state index contributed by atoms with van der Waals surface area (Å²) >= 11 is 7.25. The Bertz CT molecular complexity index is 418. The molecule has 0 saturated carbocycles. The van der Waals surface area contributed by atoms with Crippen LogP contribution in [0.2, 0.25) is 5.15 Å². The van der Waals surface area contributed by atoms with Crippen molar-refractivity contribution in [1.29, 1.82) is 5.26 Å². The minimum Gasteiger partial charge on any atom is -0.348 e. The molecule has 0 aromatic carbocycles. The number of anilines is 1. The molecular formula is C11H15ClN4S. The monoisotopic (exact) mass is 270 g/mol. The molecule has 4 nitrogen and oxygen atoms in total. The summed E-state index contributed by atoms with van der Waals surface area (Å²) < 4.78 is 0. The van der Waals surface area contributed by atoms with Crippen LogP contribution >= 0.6 is 22.9 Å². The van der Waals surface area contributed by atoms with E-state index in [-0.39, 0.29) is 0 Å². The lowest BCUT2D eigenvalue weighted by atomic mass is 9.94. The SMILES string of the molecule is N#Cc1sc(N2CCC(CCN)CC2)nc1Cl. The highest BCUT2D eigenvalue weighted by Gasteiger charge is 2.22. The van der Waals surface area contributed by atoms with Gasteiger partial charge in [-0.05, 0) is 31.7 Å². The molecule has 1 aromatic rings. The minimum absolute atomic E-state index is 0.330. The Kier molecular flexibility index (Phi) is 4.21. The summed E-state index contributed by atoms with van der Waals surface area (Å²) in [6.45, 7) is 2.74. The standard InChI is InChI=1S/C11H15ClN4S/c12-10-9(7-14)17-11(15-10)16-5-2-8(1-4-13)3-6-16/h8H,1-6,13H2. The van der Waals surface area contributed by atoms with Gasteiger partial charge in [-0.1, -0.05) is 22.9 Å². The van der Waals surface area contributed by atoms with E-state index in [1.165, 1.54) is 11.3 Å². The van der Waals surface area contributed by atoms with Gasteiger partial charge in [0.2, 0.25) is 0 Å². The predicted molar refractivity (Wildman–Crippen MR) is 70.4 cm³/mol. The zero-order chi connectivity index (χ0) is 12.3. The van der Waals surface area contributed by atoms with E-state index in [4.69, 9.17) is 22.6 Å². The highest BCUT2D eigenvalue weighted by molar-refractivity contribution is 7.16. The average Bonchev–Trinajstić information content (AvgIpc) is 2.72. The zero-order valence-corrected chi connectivity index (χ0v) is 11.1. The van der Waals surface area contributed by atoms with E-state index in [1.807, 2.05) is 0 Å². The Balaban J connectivity index is 1.98. The number of nitrogens with two attached hydrogens (primary N) is 1. The van der Waals surface area contributed by atoms with Gasteiger partial charge in [0.1, 0.15) is 10.9 Å². The molecule has 1 aromatic heterocycles. The molecule has 2 rings (SSSR count). The molecule has 1 saturated heterocycles. The lowest BCUT2D eigenvalue weighted by molar-refractivity contribution is 0.386. The molecule has 0 bridgehead atoms.